The van der Waals surface area contributed by atoms with Crippen LogP contribution in [-0.2, 0) is 11.3 Å². The molecule has 0 saturated carbocycles. The standard InChI is InChI=1S/C13H25N5O2/c1-6-14-10(19)9-18(7-2)12-17-16-11(20-12)8-15-13(3,4)5/h15H,6-9H2,1-5H3,(H,14,19). The van der Waals surface area contributed by atoms with Gasteiger partial charge in [0.15, 0.2) is 0 Å². The summed E-state index contributed by atoms with van der Waals surface area (Å²) in [6.07, 6.45) is 0. The van der Waals surface area contributed by atoms with Crippen LogP contribution < -0.4 is 15.5 Å². The average molecular weight is 283 g/mol. The van der Waals surface area contributed by atoms with E-state index in [1.807, 2.05) is 13.8 Å². The van der Waals surface area contributed by atoms with Gasteiger partial charge < -0.3 is 20.0 Å². The molecule has 7 nitrogen and oxygen atoms in total. The van der Waals surface area contributed by atoms with Crippen molar-refractivity contribution in [2.75, 3.05) is 24.5 Å². The number of hydrogen-bond donors (Lipinski definition) is 2. The Morgan fingerprint density at radius 2 is 2.00 bits per heavy atom. The van der Waals surface area contributed by atoms with Gasteiger partial charge in [-0.25, -0.2) is 0 Å². The van der Waals surface area contributed by atoms with E-state index in [4.69, 9.17) is 4.42 Å². The zero-order valence-electron chi connectivity index (χ0n) is 13.0. The molecule has 0 fully saturated rings. The Labute approximate surface area is 120 Å². The van der Waals surface area contributed by atoms with Crippen molar-refractivity contribution in [2.24, 2.45) is 0 Å². The van der Waals surface area contributed by atoms with Gasteiger partial charge in [0.1, 0.15) is 6.54 Å². The molecular formula is C13H25N5O2. The lowest BCUT2D eigenvalue weighted by Crippen LogP contribution is -2.37. The number of carbonyl (C=O) groups is 1. The number of carbonyl (C=O) groups excluding carboxylic acids is 1. The molecule has 1 aromatic rings. The van der Waals surface area contributed by atoms with Crippen molar-refractivity contribution in [3.05, 3.63) is 5.89 Å². The minimum atomic E-state index is -0.0538. The molecule has 0 spiro atoms. The fourth-order valence-corrected chi connectivity index (χ4v) is 1.53. The summed E-state index contributed by atoms with van der Waals surface area (Å²) in [7, 11) is 0. The predicted octanol–water partition coefficient (Wildman–Crippen LogP) is 0.920. The first-order valence-corrected chi connectivity index (χ1v) is 6.94. The normalized spacial score (nSPS) is 11.4. The van der Waals surface area contributed by atoms with Gasteiger partial charge in [-0.1, -0.05) is 5.10 Å². The number of amides is 1. The van der Waals surface area contributed by atoms with Gasteiger partial charge in [0.25, 0.3) is 0 Å². The lowest BCUT2D eigenvalue weighted by molar-refractivity contribution is -0.119. The van der Waals surface area contributed by atoms with Gasteiger partial charge in [-0.15, -0.1) is 5.10 Å². The summed E-state index contributed by atoms with van der Waals surface area (Å²) < 4.78 is 5.57. The van der Waals surface area contributed by atoms with E-state index >= 15 is 0 Å². The van der Waals surface area contributed by atoms with Crippen LogP contribution in [0.2, 0.25) is 0 Å². The zero-order chi connectivity index (χ0) is 15.2. The Morgan fingerprint density at radius 1 is 1.30 bits per heavy atom. The maximum atomic E-state index is 11.6. The lowest BCUT2D eigenvalue weighted by Gasteiger charge is -2.19. The Kier molecular flexibility index (Phi) is 5.94. The molecule has 0 aromatic carbocycles. The van der Waals surface area contributed by atoms with Crippen LogP contribution in [0.5, 0.6) is 0 Å². The first-order valence-electron chi connectivity index (χ1n) is 6.94. The second kappa shape index (κ2) is 7.23. The number of nitrogens with one attached hydrogen (secondary N) is 2. The third-order valence-corrected chi connectivity index (χ3v) is 2.59. The van der Waals surface area contributed by atoms with E-state index in [0.717, 1.165) is 0 Å². The van der Waals surface area contributed by atoms with Crippen molar-refractivity contribution in [1.82, 2.24) is 20.8 Å². The number of nitrogens with zero attached hydrogens (tertiary/aromatic N) is 3. The van der Waals surface area contributed by atoms with Crippen LogP contribution in [0, 0.1) is 0 Å². The molecule has 0 saturated heterocycles. The second-order valence-electron chi connectivity index (χ2n) is 5.55. The minimum Gasteiger partial charge on any atom is -0.407 e. The van der Waals surface area contributed by atoms with Crippen LogP contribution in [-0.4, -0.2) is 41.3 Å². The van der Waals surface area contributed by atoms with Gasteiger partial charge in [0.2, 0.25) is 11.8 Å². The summed E-state index contributed by atoms with van der Waals surface area (Å²) in [5.41, 5.74) is -0.0138. The summed E-state index contributed by atoms with van der Waals surface area (Å²) in [5.74, 6) is 0.464. The van der Waals surface area contributed by atoms with Gasteiger partial charge in [0.05, 0.1) is 6.54 Å². The number of aromatic nitrogens is 2. The van der Waals surface area contributed by atoms with Crippen LogP contribution in [0.1, 0.15) is 40.5 Å². The summed E-state index contributed by atoms with van der Waals surface area (Å²) in [4.78, 5) is 13.3. The zero-order valence-corrected chi connectivity index (χ0v) is 13.0. The van der Waals surface area contributed by atoms with E-state index in [9.17, 15) is 4.79 Å². The third-order valence-electron chi connectivity index (χ3n) is 2.59. The number of anilines is 1. The fraction of sp³-hybridized carbons (Fsp3) is 0.769. The molecule has 0 atom stereocenters. The Bertz CT molecular complexity index is 425. The third kappa shape index (κ3) is 5.56. The van der Waals surface area contributed by atoms with E-state index in [0.29, 0.717) is 31.5 Å². The van der Waals surface area contributed by atoms with Gasteiger partial charge in [-0.3, -0.25) is 4.79 Å². The van der Waals surface area contributed by atoms with E-state index in [1.54, 1.807) is 4.90 Å². The summed E-state index contributed by atoms with van der Waals surface area (Å²) >= 11 is 0. The highest BCUT2D eigenvalue weighted by Gasteiger charge is 2.17. The first-order chi connectivity index (χ1) is 9.35. The van der Waals surface area contributed by atoms with Gasteiger partial charge in [0, 0.05) is 18.6 Å². The molecule has 0 bridgehead atoms. The second-order valence-corrected chi connectivity index (χ2v) is 5.55. The Balaban J connectivity index is 2.61. The first kappa shape index (κ1) is 16.4. The molecule has 0 unspecified atom stereocenters. The number of hydrogen-bond acceptors (Lipinski definition) is 6. The molecule has 7 heteroatoms. The maximum absolute atomic E-state index is 11.6. The van der Waals surface area contributed by atoms with Crippen LogP contribution in [0.15, 0.2) is 4.42 Å². The Hall–Kier alpha value is -1.63. The molecule has 1 heterocycles. The molecule has 0 aliphatic rings. The van der Waals surface area contributed by atoms with Crippen LogP contribution in [0.25, 0.3) is 0 Å². The maximum Gasteiger partial charge on any atom is 0.318 e. The van der Waals surface area contributed by atoms with Crippen LogP contribution in [0.4, 0.5) is 6.01 Å². The van der Waals surface area contributed by atoms with Crippen molar-refractivity contribution in [1.29, 1.82) is 0 Å². The molecule has 114 valence electrons. The number of likely N-dealkylation sites (N-methyl/N-ethyl adjacent to an activating group) is 2. The fourth-order valence-electron chi connectivity index (χ4n) is 1.53. The van der Waals surface area contributed by atoms with E-state index in [2.05, 4.69) is 41.6 Å². The van der Waals surface area contributed by atoms with E-state index in [1.165, 1.54) is 0 Å². The van der Waals surface area contributed by atoms with E-state index < -0.39 is 0 Å². The smallest absolute Gasteiger partial charge is 0.318 e. The van der Waals surface area contributed by atoms with Gasteiger partial charge in [-0.05, 0) is 34.6 Å². The highest BCUT2D eigenvalue weighted by Crippen LogP contribution is 2.12. The number of rotatable bonds is 7. The SMILES string of the molecule is CCNC(=O)CN(CC)c1nnc(CNC(C)(C)C)o1. The molecular weight excluding hydrogens is 258 g/mol. The van der Waals surface area contributed by atoms with Crippen LogP contribution >= 0.6 is 0 Å². The summed E-state index contributed by atoms with van der Waals surface area (Å²) in [6.45, 7) is 12.0. The van der Waals surface area contributed by atoms with Crippen molar-refractivity contribution in [3.63, 3.8) is 0 Å². The molecule has 1 amide bonds. The largest absolute Gasteiger partial charge is 0.407 e. The minimum absolute atomic E-state index is 0.0138. The predicted molar refractivity (Wildman–Crippen MR) is 77.5 cm³/mol. The topological polar surface area (TPSA) is 83.3 Å². The highest BCUT2D eigenvalue weighted by molar-refractivity contribution is 5.80. The quantitative estimate of drug-likeness (QED) is 0.774. The van der Waals surface area contributed by atoms with E-state index in [-0.39, 0.29) is 18.0 Å². The molecule has 0 aliphatic carbocycles. The molecule has 1 rings (SSSR count). The summed E-state index contributed by atoms with van der Waals surface area (Å²) in [6, 6.07) is 0.379. The molecule has 2 N–H and O–H groups in total. The van der Waals surface area contributed by atoms with Crippen molar-refractivity contribution < 1.29 is 9.21 Å². The van der Waals surface area contributed by atoms with Crippen molar-refractivity contribution >= 4 is 11.9 Å². The van der Waals surface area contributed by atoms with Crippen molar-refractivity contribution in [2.45, 2.75) is 46.7 Å². The van der Waals surface area contributed by atoms with Crippen molar-refractivity contribution in [3.8, 4) is 0 Å². The molecule has 20 heavy (non-hydrogen) atoms. The molecule has 0 radical (unpaired) electrons. The summed E-state index contributed by atoms with van der Waals surface area (Å²) in [5, 5.41) is 14.0. The monoisotopic (exact) mass is 283 g/mol. The lowest BCUT2D eigenvalue weighted by atomic mass is 10.1. The molecule has 0 aliphatic heterocycles. The molecule has 1 aromatic heterocycles. The highest BCUT2D eigenvalue weighted by atomic mass is 16.4. The van der Waals surface area contributed by atoms with Crippen LogP contribution in [0.3, 0.4) is 0 Å². The van der Waals surface area contributed by atoms with Gasteiger partial charge >= 0.3 is 6.01 Å². The Morgan fingerprint density at radius 3 is 2.55 bits per heavy atom. The average Bonchev–Trinajstić information content (AvgIpc) is 2.81. The van der Waals surface area contributed by atoms with Gasteiger partial charge in [-0.2, -0.15) is 0 Å².